The first-order chi connectivity index (χ1) is 43.6. The lowest BCUT2D eigenvalue weighted by Gasteiger charge is -2.30. The molecule has 1 aliphatic carbocycles. The zero-order valence-electron chi connectivity index (χ0n) is 57.5. The quantitative estimate of drug-likeness (QED) is 0.0176. The topological polar surface area (TPSA) is 263 Å². The van der Waals surface area contributed by atoms with Gasteiger partial charge in [0, 0.05) is 5.92 Å². The summed E-state index contributed by atoms with van der Waals surface area (Å²) in [6.45, 7) is 25.4. The molecule has 0 bridgehead atoms. The van der Waals surface area contributed by atoms with E-state index in [0.717, 1.165) is 53.5 Å². The number of benzene rings is 3. The number of fused-ring (bicyclic) bond motifs is 3. The van der Waals surface area contributed by atoms with Gasteiger partial charge >= 0.3 is 24.0 Å². The van der Waals surface area contributed by atoms with E-state index in [1.807, 2.05) is 127 Å². The third kappa shape index (κ3) is 27.1. The van der Waals surface area contributed by atoms with E-state index < -0.39 is 120 Å². The van der Waals surface area contributed by atoms with Crippen LogP contribution in [0.2, 0.25) is 0 Å². The Bertz CT molecular complexity index is 2790. The Morgan fingerprint density at radius 1 is 0.478 bits per heavy atom. The van der Waals surface area contributed by atoms with Crippen molar-refractivity contribution >= 4 is 53.5 Å². The highest BCUT2D eigenvalue weighted by atomic mass is 16.6. The van der Waals surface area contributed by atoms with Gasteiger partial charge in [0.2, 0.25) is 29.5 Å². The maximum Gasteiger partial charge on any atom is 0.407 e. The second kappa shape index (κ2) is 39.3. The molecule has 0 aromatic heterocycles. The summed E-state index contributed by atoms with van der Waals surface area (Å²) in [6.07, 6.45) is 8.44. The van der Waals surface area contributed by atoms with Crippen LogP contribution in [-0.2, 0) is 63.9 Å². The van der Waals surface area contributed by atoms with E-state index in [4.69, 9.17) is 18.9 Å². The Kier molecular flexibility index (Phi) is 32.9. The smallest absolute Gasteiger partial charge is 0.407 e. The Morgan fingerprint density at radius 3 is 1.43 bits per heavy atom. The molecule has 92 heavy (non-hydrogen) atoms. The molecule has 0 aliphatic heterocycles. The summed E-state index contributed by atoms with van der Waals surface area (Å²) in [4.78, 5) is 127. The third-order valence-electron chi connectivity index (χ3n) is 16.3. The van der Waals surface area contributed by atoms with Crippen LogP contribution in [0.1, 0.15) is 222 Å². The van der Waals surface area contributed by atoms with E-state index in [9.17, 15) is 43.2 Å². The lowest BCUT2D eigenvalue weighted by atomic mass is 9.97. The van der Waals surface area contributed by atoms with Crippen LogP contribution >= 0.6 is 0 Å². The van der Waals surface area contributed by atoms with Crippen molar-refractivity contribution in [3.05, 3.63) is 95.6 Å². The maximum atomic E-state index is 14.7. The van der Waals surface area contributed by atoms with Crippen molar-refractivity contribution in [1.82, 2.24) is 31.9 Å². The van der Waals surface area contributed by atoms with Gasteiger partial charge in [0.25, 0.3) is 0 Å². The highest BCUT2D eigenvalue weighted by Gasteiger charge is 2.38. The SMILES string of the molecule is CCCCCCCCCCCC(CC(=O)OCc1ccccc1)OC(=O)[C@@H](NC(=O)[C@H](CC(C)C)NC(=O)[C@H](CC(=O)OC(C)(C)C)NC(=O)[C@@H](NC(=O)[C@H](CC(C)C)NC(=O)[C@H](CC(C)C)NC(=O)OCC1c2ccccc2-c2ccccc21)C(C)C)[C@@H](C)CC. The maximum absolute atomic E-state index is 14.7. The zero-order valence-corrected chi connectivity index (χ0v) is 57.5. The van der Waals surface area contributed by atoms with Crippen molar-refractivity contribution < 1.29 is 62.1 Å². The summed E-state index contributed by atoms with van der Waals surface area (Å²) < 4.78 is 23.2. The molecular formula is C73H110N6O13. The number of esters is 3. The number of hydrogen-bond donors (Lipinski definition) is 6. The highest BCUT2D eigenvalue weighted by Crippen LogP contribution is 2.44. The molecular weight excluding hydrogens is 1170 g/mol. The van der Waals surface area contributed by atoms with Crippen LogP contribution in [0, 0.1) is 29.6 Å². The largest absolute Gasteiger partial charge is 0.461 e. The lowest BCUT2D eigenvalue weighted by Crippen LogP contribution is -2.61. The van der Waals surface area contributed by atoms with Crippen LogP contribution in [-0.4, -0.2) is 108 Å². The summed E-state index contributed by atoms with van der Waals surface area (Å²) in [5.41, 5.74) is 4.01. The van der Waals surface area contributed by atoms with Crippen LogP contribution in [0.3, 0.4) is 0 Å². The molecule has 0 heterocycles. The van der Waals surface area contributed by atoms with Gasteiger partial charge in [0.05, 0.1) is 12.8 Å². The van der Waals surface area contributed by atoms with E-state index in [-0.39, 0.29) is 62.6 Å². The minimum absolute atomic E-state index is 0.0250. The molecule has 1 unspecified atom stereocenters. The Labute approximate surface area is 548 Å². The molecule has 1 aliphatic rings. The van der Waals surface area contributed by atoms with E-state index in [2.05, 4.69) is 38.8 Å². The molecule has 3 aromatic carbocycles. The number of ether oxygens (including phenoxy) is 4. The van der Waals surface area contributed by atoms with Crippen LogP contribution in [0.5, 0.6) is 0 Å². The van der Waals surface area contributed by atoms with Crippen LogP contribution in [0.25, 0.3) is 11.1 Å². The molecule has 3 aromatic rings. The van der Waals surface area contributed by atoms with Gasteiger partial charge in [-0.25, -0.2) is 9.59 Å². The molecule has 0 saturated carbocycles. The predicted octanol–water partition coefficient (Wildman–Crippen LogP) is 11.9. The molecule has 6 N–H and O–H groups in total. The minimum Gasteiger partial charge on any atom is -0.461 e. The number of rotatable bonds is 40. The van der Waals surface area contributed by atoms with Gasteiger partial charge in [-0.2, -0.15) is 0 Å². The molecule has 0 fully saturated rings. The van der Waals surface area contributed by atoms with Crippen molar-refractivity contribution in [2.75, 3.05) is 6.61 Å². The molecule has 510 valence electrons. The molecule has 0 saturated heterocycles. The van der Waals surface area contributed by atoms with Gasteiger partial charge < -0.3 is 50.8 Å². The summed E-state index contributed by atoms with van der Waals surface area (Å²) in [5, 5.41) is 16.6. The van der Waals surface area contributed by atoms with Crippen LogP contribution < -0.4 is 31.9 Å². The number of carbonyl (C=O) groups excluding carboxylic acids is 9. The fourth-order valence-electron chi connectivity index (χ4n) is 11.3. The number of unbranched alkanes of at least 4 members (excludes halogenated alkanes) is 8. The van der Waals surface area contributed by atoms with E-state index in [1.165, 1.54) is 25.7 Å². The monoisotopic (exact) mass is 1280 g/mol. The van der Waals surface area contributed by atoms with Crippen molar-refractivity contribution in [3.8, 4) is 11.1 Å². The molecule has 4 rings (SSSR count). The minimum atomic E-state index is -1.64. The average Bonchev–Trinajstić information content (AvgIpc) is 1.62. The standard InChI is InChI=1S/C73H110N6O13/c1-15-17-18-19-20-21-22-23-27-34-52(42-62(80)89-44-51-32-25-24-26-33-51)91-71(87)65(50(11)16-2)79-69(85)59(40-47(5)6)75-67(83)61(43-63(81)92-73(12,13)14)76-70(86)64(49(9)10)78-68(84)58(39-46(3)4)74-66(82)60(41-48(7)8)77-72(88)90-45-57-55-37-30-28-35-53(55)54-36-29-31-38-56(54)57/h24-26,28-33,35-38,46-50,52,57-61,64-65H,15-23,27,34,39-45H2,1-14H3,(H,74,82)(H,75,83)(H,76,86)(H,77,88)(H,78,84)(H,79,85)/t50-,52?,58-,59-,60-,61-,64-,65-/m0/s1. The van der Waals surface area contributed by atoms with E-state index in [1.54, 1.807) is 41.5 Å². The Balaban J connectivity index is 1.52. The Morgan fingerprint density at radius 2 is 0.935 bits per heavy atom. The van der Waals surface area contributed by atoms with Gasteiger partial charge in [-0.3, -0.25) is 33.6 Å². The summed E-state index contributed by atoms with van der Waals surface area (Å²) in [5.74, 6) is -7.59. The van der Waals surface area contributed by atoms with Gasteiger partial charge in [0.15, 0.2) is 0 Å². The lowest BCUT2D eigenvalue weighted by molar-refractivity contribution is -0.160. The average molecular weight is 1280 g/mol. The molecule has 6 amide bonds. The van der Waals surface area contributed by atoms with E-state index in [0.29, 0.717) is 19.3 Å². The molecule has 19 heteroatoms. The van der Waals surface area contributed by atoms with Gasteiger partial charge in [-0.05, 0) is 110 Å². The van der Waals surface area contributed by atoms with Crippen molar-refractivity contribution in [3.63, 3.8) is 0 Å². The molecule has 0 radical (unpaired) electrons. The summed E-state index contributed by atoms with van der Waals surface area (Å²) >= 11 is 0. The number of hydrogen-bond acceptors (Lipinski definition) is 13. The summed E-state index contributed by atoms with van der Waals surface area (Å²) in [7, 11) is 0. The zero-order chi connectivity index (χ0) is 68.1. The van der Waals surface area contributed by atoms with Gasteiger partial charge in [-0.1, -0.05) is 213 Å². The van der Waals surface area contributed by atoms with Gasteiger partial charge in [-0.15, -0.1) is 0 Å². The first kappa shape index (κ1) is 77.1. The first-order valence-corrected chi connectivity index (χ1v) is 33.9. The Hall–Kier alpha value is -7.31. The van der Waals surface area contributed by atoms with Crippen LogP contribution in [0.4, 0.5) is 4.79 Å². The highest BCUT2D eigenvalue weighted by molar-refractivity contribution is 5.98. The number of carbonyl (C=O) groups is 9. The van der Waals surface area contributed by atoms with Gasteiger partial charge in [0.1, 0.15) is 61.2 Å². The number of alkyl carbamates (subject to hydrolysis) is 1. The fourth-order valence-corrected chi connectivity index (χ4v) is 11.3. The van der Waals surface area contributed by atoms with E-state index >= 15 is 0 Å². The molecule has 19 nitrogen and oxygen atoms in total. The molecule has 8 atom stereocenters. The number of amides is 6. The van der Waals surface area contributed by atoms with Crippen molar-refractivity contribution in [2.24, 2.45) is 29.6 Å². The second-order valence-electron chi connectivity index (χ2n) is 27.5. The first-order valence-electron chi connectivity index (χ1n) is 33.9. The van der Waals surface area contributed by atoms with Crippen LogP contribution in [0.15, 0.2) is 78.9 Å². The fraction of sp³-hybridized carbons (Fsp3) is 0.630. The summed E-state index contributed by atoms with van der Waals surface area (Å²) in [6, 6.07) is 17.4. The van der Waals surface area contributed by atoms with Crippen molar-refractivity contribution in [2.45, 2.75) is 260 Å². The normalized spacial score (nSPS) is 14.7. The van der Waals surface area contributed by atoms with Crippen molar-refractivity contribution in [1.29, 1.82) is 0 Å². The predicted molar refractivity (Wildman–Crippen MR) is 357 cm³/mol. The third-order valence-corrected chi connectivity index (χ3v) is 16.3. The second-order valence-corrected chi connectivity index (χ2v) is 27.5. The molecule has 0 spiro atoms. The number of nitrogens with one attached hydrogen (secondary N) is 6.